The van der Waals surface area contributed by atoms with Gasteiger partial charge >= 0.3 is 0 Å². The van der Waals surface area contributed by atoms with Crippen LogP contribution in [0.5, 0.6) is 0 Å². The Bertz CT molecular complexity index is 215. The van der Waals surface area contributed by atoms with Crippen LogP contribution in [0.25, 0.3) is 0 Å². The molecule has 0 saturated carbocycles. The summed E-state index contributed by atoms with van der Waals surface area (Å²) >= 11 is 0. The van der Waals surface area contributed by atoms with E-state index in [9.17, 15) is 0 Å². The molecule has 1 atom stereocenters. The van der Waals surface area contributed by atoms with Gasteiger partial charge in [0, 0.05) is 37.8 Å². The normalized spacial score (nSPS) is 14.4. The molecule has 0 radical (unpaired) electrons. The van der Waals surface area contributed by atoms with Crippen LogP contribution < -0.4 is 5.32 Å². The predicted octanol–water partition coefficient (Wildman–Crippen LogP) is 3.29. The van der Waals surface area contributed by atoms with Gasteiger partial charge in [-0.25, -0.2) is 0 Å². The number of methoxy groups -OCH3 is 1. The van der Waals surface area contributed by atoms with Gasteiger partial charge in [-0.15, -0.1) is 0 Å². The van der Waals surface area contributed by atoms with E-state index in [1.807, 2.05) is 0 Å². The van der Waals surface area contributed by atoms with Crippen molar-refractivity contribution in [1.82, 2.24) is 10.2 Å². The molecule has 3 nitrogen and oxygen atoms in total. The van der Waals surface area contributed by atoms with Gasteiger partial charge < -0.3 is 10.1 Å². The highest BCUT2D eigenvalue weighted by Gasteiger charge is 2.22. The van der Waals surface area contributed by atoms with Crippen molar-refractivity contribution in [2.24, 2.45) is 0 Å². The minimum absolute atomic E-state index is 0.231. The molecule has 0 rings (SSSR count). The number of nitrogens with one attached hydrogen (secondary N) is 1. The highest BCUT2D eigenvalue weighted by molar-refractivity contribution is 4.81. The van der Waals surface area contributed by atoms with Crippen molar-refractivity contribution in [3.05, 3.63) is 0 Å². The van der Waals surface area contributed by atoms with Crippen LogP contribution in [0.2, 0.25) is 0 Å². The van der Waals surface area contributed by atoms with Crippen LogP contribution in [0, 0.1) is 0 Å². The first kappa shape index (κ1) is 18.9. The summed E-state index contributed by atoms with van der Waals surface area (Å²) in [6.45, 7) is 16.6. The van der Waals surface area contributed by atoms with Gasteiger partial charge in [0.15, 0.2) is 0 Å². The zero-order valence-corrected chi connectivity index (χ0v) is 14.3. The third kappa shape index (κ3) is 7.28. The second kappa shape index (κ2) is 9.73. The summed E-state index contributed by atoms with van der Waals surface area (Å²) in [5.74, 6) is 0. The molecule has 0 heterocycles. The summed E-state index contributed by atoms with van der Waals surface area (Å²) in [5, 5.41) is 3.69. The average Bonchev–Trinajstić information content (AvgIpc) is 2.41. The molecule has 116 valence electrons. The number of nitrogens with zero attached hydrogens (tertiary/aromatic N) is 1. The highest BCUT2D eigenvalue weighted by atomic mass is 16.5. The van der Waals surface area contributed by atoms with Gasteiger partial charge in [0.05, 0.1) is 6.61 Å². The molecular weight excluding hydrogens is 236 g/mol. The van der Waals surface area contributed by atoms with E-state index in [1.54, 1.807) is 7.11 Å². The van der Waals surface area contributed by atoms with Crippen molar-refractivity contribution in [3.8, 4) is 0 Å². The number of rotatable bonds is 11. The maximum absolute atomic E-state index is 5.27. The van der Waals surface area contributed by atoms with Crippen LogP contribution in [0.15, 0.2) is 0 Å². The topological polar surface area (TPSA) is 24.5 Å². The molecule has 0 amide bonds. The lowest BCUT2D eigenvalue weighted by Gasteiger charge is -2.37. The minimum atomic E-state index is 0.231. The lowest BCUT2D eigenvalue weighted by Crippen LogP contribution is -2.51. The van der Waals surface area contributed by atoms with Crippen molar-refractivity contribution < 1.29 is 4.74 Å². The van der Waals surface area contributed by atoms with Crippen LogP contribution in [0.3, 0.4) is 0 Å². The Morgan fingerprint density at radius 2 is 1.74 bits per heavy atom. The molecule has 0 aliphatic rings. The van der Waals surface area contributed by atoms with Gasteiger partial charge in [-0.2, -0.15) is 0 Å². The monoisotopic (exact) mass is 272 g/mol. The Hall–Kier alpha value is -0.120. The fourth-order valence-electron chi connectivity index (χ4n) is 2.38. The number of hydrogen-bond acceptors (Lipinski definition) is 3. The second-order valence-electron chi connectivity index (χ2n) is 6.17. The Kier molecular flexibility index (Phi) is 9.67. The molecule has 0 spiro atoms. The molecule has 0 aromatic heterocycles. The van der Waals surface area contributed by atoms with E-state index in [4.69, 9.17) is 4.74 Å². The Labute approximate surface area is 121 Å². The molecule has 3 heteroatoms. The Morgan fingerprint density at radius 3 is 2.16 bits per heavy atom. The molecular formula is C16H36N2O. The summed E-state index contributed by atoms with van der Waals surface area (Å²) in [6, 6.07) is 1.21. The molecule has 0 saturated heterocycles. The van der Waals surface area contributed by atoms with E-state index in [-0.39, 0.29) is 5.54 Å². The molecule has 19 heavy (non-hydrogen) atoms. The summed E-state index contributed by atoms with van der Waals surface area (Å²) in [7, 11) is 1.79. The zero-order chi connectivity index (χ0) is 14.9. The van der Waals surface area contributed by atoms with Crippen LogP contribution in [0.1, 0.15) is 60.8 Å². The van der Waals surface area contributed by atoms with E-state index >= 15 is 0 Å². The van der Waals surface area contributed by atoms with Crippen molar-refractivity contribution in [3.63, 3.8) is 0 Å². The molecule has 1 N–H and O–H groups in total. The summed E-state index contributed by atoms with van der Waals surface area (Å²) in [5.41, 5.74) is 0.231. The quantitative estimate of drug-likeness (QED) is 0.624. The summed E-state index contributed by atoms with van der Waals surface area (Å²) in [4.78, 5) is 2.60. The first-order valence-electron chi connectivity index (χ1n) is 7.91. The fraction of sp³-hybridized carbons (Fsp3) is 1.00. The first-order valence-corrected chi connectivity index (χ1v) is 7.91. The van der Waals surface area contributed by atoms with Gasteiger partial charge in [0.25, 0.3) is 0 Å². The van der Waals surface area contributed by atoms with Gasteiger partial charge in [-0.05, 0) is 40.0 Å². The molecule has 0 aromatic carbocycles. The molecule has 0 aliphatic carbocycles. The second-order valence-corrected chi connectivity index (χ2v) is 6.17. The zero-order valence-electron chi connectivity index (χ0n) is 14.3. The van der Waals surface area contributed by atoms with Crippen molar-refractivity contribution >= 4 is 0 Å². The van der Waals surface area contributed by atoms with Crippen molar-refractivity contribution in [2.45, 2.75) is 78.4 Å². The third-order valence-corrected chi connectivity index (χ3v) is 4.29. The molecule has 0 bridgehead atoms. The molecule has 0 aliphatic heterocycles. The molecule has 1 unspecified atom stereocenters. The predicted molar refractivity (Wildman–Crippen MR) is 84.8 cm³/mol. The van der Waals surface area contributed by atoms with Gasteiger partial charge in [-0.1, -0.05) is 20.8 Å². The Morgan fingerprint density at radius 1 is 1.16 bits per heavy atom. The summed E-state index contributed by atoms with van der Waals surface area (Å²) < 4.78 is 5.27. The fourth-order valence-corrected chi connectivity index (χ4v) is 2.38. The largest absolute Gasteiger partial charge is 0.383 e. The van der Waals surface area contributed by atoms with Crippen molar-refractivity contribution in [2.75, 3.05) is 26.8 Å². The maximum Gasteiger partial charge on any atom is 0.0589 e. The summed E-state index contributed by atoms with van der Waals surface area (Å²) in [6.07, 6.45) is 3.58. The van der Waals surface area contributed by atoms with Crippen LogP contribution >= 0.6 is 0 Å². The van der Waals surface area contributed by atoms with Gasteiger partial charge in [0.1, 0.15) is 0 Å². The Balaban J connectivity index is 4.48. The third-order valence-electron chi connectivity index (χ3n) is 4.29. The highest BCUT2D eigenvalue weighted by Crippen LogP contribution is 2.14. The molecule has 0 aromatic rings. The van der Waals surface area contributed by atoms with Gasteiger partial charge in [0.2, 0.25) is 0 Å². The average molecular weight is 272 g/mol. The van der Waals surface area contributed by atoms with Gasteiger partial charge in [-0.3, -0.25) is 4.90 Å². The van der Waals surface area contributed by atoms with Crippen LogP contribution in [0.4, 0.5) is 0 Å². The number of hydrogen-bond donors (Lipinski definition) is 1. The minimum Gasteiger partial charge on any atom is -0.383 e. The number of ether oxygens (including phenoxy) is 1. The first-order chi connectivity index (χ1) is 8.91. The standard InChI is InChI=1S/C16H36N2O/c1-8-15(9-2)18(11-12-19-7)14(4)13-17-16(5,6)10-3/h14-15,17H,8-13H2,1-7H3. The lowest BCUT2D eigenvalue weighted by molar-refractivity contribution is 0.0820. The van der Waals surface area contributed by atoms with E-state index in [2.05, 4.69) is 51.8 Å². The van der Waals surface area contributed by atoms with Crippen LogP contribution in [-0.2, 0) is 4.74 Å². The SMILES string of the molecule is CCC(CC)N(CCOC)C(C)CNC(C)(C)CC. The lowest BCUT2D eigenvalue weighted by atomic mass is 10.0. The van der Waals surface area contributed by atoms with E-state index in [0.29, 0.717) is 12.1 Å². The van der Waals surface area contributed by atoms with E-state index < -0.39 is 0 Å². The van der Waals surface area contributed by atoms with E-state index in [1.165, 1.54) is 12.8 Å². The molecule has 0 fully saturated rings. The maximum atomic E-state index is 5.27. The van der Waals surface area contributed by atoms with E-state index in [0.717, 1.165) is 26.1 Å². The van der Waals surface area contributed by atoms with Crippen molar-refractivity contribution in [1.29, 1.82) is 0 Å². The van der Waals surface area contributed by atoms with Crippen LogP contribution in [-0.4, -0.2) is 49.3 Å². The smallest absolute Gasteiger partial charge is 0.0589 e.